The molecule has 0 rings (SSSR count). The van der Waals surface area contributed by atoms with Gasteiger partial charge in [-0.15, -0.1) is 0 Å². The number of sulfonamides is 1. The van der Waals surface area contributed by atoms with E-state index in [9.17, 15) is 8.42 Å². The lowest BCUT2D eigenvalue weighted by Crippen LogP contribution is -2.41. The van der Waals surface area contributed by atoms with E-state index in [1.807, 2.05) is 0 Å². The molecule has 0 saturated heterocycles. The second-order valence-corrected chi connectivity index (χ2v) is 3.13. The average molecular weight is 138 g/mol. The van der Waals surface area contributed by atoms with Gasteiger partial charge in [0.2, 0.25) is 10.0 Å². The topological polar surface area (TPSA) is 98.2 Å². The van der Waals surface area contributed by atoms with Gasteiger partial charge in [-0.05, 0) is 6.92 Å². The molecule has 6 heteroatoms. The van der Waals surface area contributed by atoms with Crippen LogP contribution in [-0.4, -0.2) is 13.8 Å². The summed E-state index contributed by atoms with van der Waals surface area (Å²) in [5.41, 5.74) is 4.84. The van der Waals surface area contributed by atoms with Gasteiger partial charge in [0.25, 0.3) is 0 Å². The summed E-state index contributed by atoms with van der Waals surface area (Å²) in [5, 5.41) is -1.20. The molecule has 0 aliphatic rings. The first-order valence-corrected chi connectivity index (χ1v) is 3.35. The minimum atomic E-state index is -3.54. The van der Waals surface area contributed by atoms with Crippen LogP contribution in [-0.2, 0) is 10.0 Å². The van der Waals surface area contributed by atoms with Crippen LogP contribution in [0.5, 0.6) is 0 Å². The van der Waals surface area contributed by atoms with Crippen LogP contribution in [0.15, 0.2) is 0 Å². The Morgan fingerprint density at radius 3 is 2.00 bits per heavy atom. The zero-order chi connectivity index (χ0) is 6.78. The number of hydrazine groups is 1. The van der Waals surface area contributed by atoms with Crippen LogP contribution in [0.2, 0.25) is 0 Å². The maximum atomic E-state index is 10.3. The van der Waals surface area contributed by atoms with Crippen molar-refractivity contribution >= 4 is 10.0 Å². The summed E-state index contributed by atoms with van der Waals surface area (Å²) in [4.78, 5) is 1.53. The Balaban J connectivity index is 4.17. The van der Waals surface area contributed by atoms with Crippen molar-refractivity contribution in [3.63, 3.8) is 0 Å². The number of nitrogens with two attached hydrogens (primary N) is 2. The average Bonchev–Trinajstić information content (AvgIpc) is 1.67. The first-order valence-electron chi connectivity index (χ1n) is 1.80. The number of hydrogen-bond donors (Lipinski definition) is 3. The summed E-state index contributed by atoms with van der Waals surface area (Å²) in [6, 6.07) is 0. The lowest BCUT2D eigenvalue weighted by Gasteiger charge is -2.02. The van der Waals surface area contributed by atoms with E-state index in [-0.39, 0.29) is 0 Å². The lowest BCUT2D eigenvalue weighted by molar-refractivity contribution is 0.577. The van der Waals surface area contributed by atoms with E-state index in [0.29, 0.717) is 0 Å². The minimum Gasteiger partial charge on any atom is -0.314 e. The van der Waals surface area contributed by atoms with Crippen molar-refractivity contribution in [2.24, 2.45) is 11.6 Å². The molecule has 1 unspecified atom stereocenters. The van der Waals surface area contributed by atoms with Gasteiger partial charge in [-0.3, -0.25) is 5.84 Å². The molecule has 1 radical (unpaired) electrons. The van der Waals surface area contributed by atoms with Gasteiger partial charge in [0.1, 0.15) is 5.37 Å². The van der Waals surface area contributed by atoms with Crippen molar-refractivity contribution in [2.45, 2.75) is 5.37 Å². The fraction of sp³-hybridized carbons (Fsp3) is 0.500. The van der Waals surface area contributed by atoms with Crippen molar-refractivity contribution < 1.29 is 8.42 Å². The smallest absolute Gasteiger partial charge is 0.239 e. The highest BCUT2D eigenvalue weighted by Crippen LogP contribution is 1.83. The van der Waals surface area contributed by atoms with Gasteiger partial charge in [0, 0.05) is 0 Å². The zero-order valence-electron chi connectivity index (χ0n) is 4.16. The minimum absolute atomic E-state index is 1.20. The molecule has 0 fully saturated rings. The highest BCUT2D eigenvalue weighted by atomic mass is 32.2. The van der Waals surface area contributed by atoms with E-state index >= 15 is 0 Å². The first-order chi connectivity index (χ1) is 3.50. The summed E-state index contributed by atoms with van der Waals surface area (Å²) in [7, 11) is -3.54. The largest absolute Gasteiger partial charge is 0.314 e. The van der Waals surface area contributed by atoms with Crippen LogP contribution < -0.4 is 16.4 Å². The summed E-state index contributed by atoms with van der Waals surface area (Å²) in [6.07, 6.45) is 0. The second-order valence-electron chi connectivity index (χ2n) is 1.20. The Bertz CT molecular complexity index is 149. The summed E-state index contributed by atoms with van der Waals surface area (Å²) in [5.74, 6) is 4.55. The summed E-state index contributed by atoms with van der Waals surface area (Å²) in [6.45, 7) is 3.03. The molecule has 5 nitrogen and oxygen atoms in total. The van der Waals surface area contributed by atoms with Crippen LogP contribution >= 0.6 is 0 Å². The van der Waals surface area contributed by atoms with E-state index in [1.54, 1.807) is 0 Å². The third-order valence-electron chi connectivity index (χ3n) is 0.563. The Kier molecular flexibility index (Phi) is 2.35. The summed E-state index contributed by atoms with van der Waals surface area (Å²) >= 11 is 0. The zero-order valence-corrected chi connectivity index (χ0v) is 4.98. The third kappa shape index (κ3) is 1.74. The molecule has 0 aromatic carbocycles. The molecule has 0 aliphatic heterocycles. The van der Waals surface area contributed by atoms with E-state index in [0.717, 1.165) is 0 Å². The molecule has 0 aliphatic carbocycles. The van der Waals surface area contributed by atoms with Crippen molar-refractivity contribution in [3.05, 3.63) is 6.92 Å². The molecule has 0 spiro atoms. The van der Waals surface area contributed by atoms with Gasteiger partial charge >= 0.3 is 0 Å². The highest BCUT2D eigenvalue weighted by Gasteiger charge is 2.12. The predicted octanol–water partition coefficient (Wildman–Crippen LogP) is -2.10. The van der Waals surface area contributed by atoms with Crippen molar-refractivity contribution in [1.82, 2.24) is 4.83 Å². The normalized spacial score (nSPS) is 15.9. The molecule has 0 aromatic rings. The number of rotatable bonds is 2. The standard InChI is InChI=1S/C2H8N3O2S/c1-2(3)8(6,7)5-4/h2,5H,1,3-4H2. The number of hydrogen-bond acceptors (Lipinski definition) is 4. The third-order valence-corrected chi connectivity index (χ3v) is 1.69. The van der Waals surface area contributed by atoms with Gasteiger partial charge in [0.05, 0.1) is 0 Å². The van der Waals surface area contributed by atoms with Crippen LogP contribution in [0.4, 0.5) is 0 Å². The fourth-order valence-electron chi connectivity index (χ4n) is 0.0874. The molecular formula is C2H8N3O2S. The molecule has 49 valence electrons. The second kappa shape index (κ2) is 2.40. The van der Waals surface area contributed by atoms with E-state index in [4.69, 9.17) is 5.73 Å². The SMILES string of the molecule is [CH2]C(N)S(=O)(=O)NN. The van der Waals surface area contributed by atoms with Crippen molar-refractivity contribution in [1.29, 1.82) is 0 Å². The molecule has 0 aromatic heterocycles. The molecule has 0 amide bonds. The Morgan fingerprint density at radius 1 is 1.62 bits per heavy atom. The monoisotopic (exact) mass is 138 g/mol. The van der Waals surface area contributed by atoms with Crippen LogP contribution in [0, 0.1) is 6.92 Å². The van der Waals surface area contributed by atoms with E-state index in [2.05, 4.69) is 12.8 Å². The quantitative estimate of drug-likeness (QED) is 0.300. The van der Waals surface area contributed by atoms with Gasteiger partial charge in [-0.2, -0.15) is 4.83 Å². The Labute approximate surface area is 48.1 Å². The maximum absolute atomic E-state index is 10.3. The molecule has 0 saturated carbocycles. The molecule has 0 bridgehead atoms. The van der Waals surface area contributed by atoms with Gasteiger partial charge in [-0.25, -0.2) is 8.42 Å². The molecular weight excluding hydrogens is 130 g/mol. The van der Waals surface area contributed by atoms with Crippen LogP contribution in [0.3, 0.4) is 0 Å². The molecule has 0 heterocycles. The van der Waals surface area contributed by atoms with Gasteiger partial charge in [-0.1, -0.05) is 0 Å². The van der Waals surface area contributed by atoms with E-state index in [1.165, 1.54) is 4.83 Å². The predicted molar refractivity (Wildman–Crippen MR) is 29.6 cm³/mol. The molecule has 5 N–H and O–H groups in total. The van der Waals surface area contributed by atoms with Crippen LogP contribution in [0.1, 0.15) is 0 Å². The summed E-state index contributed by atoms with van der Waals surface area (Å²) < 4.78 is 20.6. The van der Waals surface area contributed by atoms with Gasteiger partial charge in [0.15, 0.2) is 0 Å². The van der Waals surface area contributed by atoms with Crippen molar-refractivity contribution in [3.8, 4) is 0 Å². The maximum Gasteiger partial charge on any atom is 0.239 e. The number of nitrogens with one attached hydrogen (secondary N) is 1. The van der Waals surface area contributed by atoms with Gasteiger partial charge < -0.3 is 5.73 Å². The molecule has 8 heavy (non-hydrogen) atoms. The molecule has 1 atom stereocenters. The highest BCUT2D eigenvalue weighted by molar-refractivity contribution is 7.90. The fourth-order valence-corrected chi connectivity index (χ4v) is 0.262. The van der Waals surface area contributed by atoms with Crippen LogP contribution in [0.25, 0.3) is 0 Å². The lowest BCUT2D eigenvalue weighted by atomic mass is 10.8. The Morgan fingerprint density at radius 2 is 2.00 bits per heavy atom. The van der Waals surface area contributed by atoms with E-state index < -0.39 is 15.4 Å². The van der Waals surface area contributed by atoms with Crippen molar-refractivity contribution in [2.75, 3.05) is 0 Å². The first kappa shape index (κ1) is 7.83. The Hall–Kier alpha value is -0.170.